The third kappa shape index (κ3) is 6.75. The van der Waals surface area contributed by atoms with Crippen molar-refractivity contribution in [3.63, 3.8) is 0 Å². The lowest BCUT2D eigenvalue weighted by molar-refractivity contribution is -0.140. The van der Waals surface area contributed by atoms with Gasteiger partial charge in [0.15, 0.2) is 0 Å². The number of carbonyl (C=O) groups is 1. The molecule has 0 aromatic heterocycles. The molecule has 3 aromatic carbocycles. The van der Waals surface area contributed by atoms with Gasteiger partial charge < -0.3 is 19.3 Å². The Labute approximate surface area is 277 Å². The molecular formula is C34H38F4N4O5S. The average molecular weight is 691 g/mol. The van der Waals surface area contributed by atoms with Crippen LogP contribution in [0.1, 0.15) is 24.0 Å². The van der Waals surface area contributed by atoms with Gasteiger partial charge in [0.25, 0.3) is 10.0 Å². The molecule has 2 fully saturated rings. The van der Waals surface area contributed by atoms with Crippen molar-refractivity contribution in [2.24, 2.45) is 0 Å². The number of piperidine rings is 1. The number of anilines is 1. The zero-order chi connectivity index (χ0) is 34.1. The van der Waals surface area contributed by atoms with Crippen molar-refractivity contribution in [3.8, 4) is 5.75 Å². The number of likely N-dealkylation sites (tertiary alicyclic amines) is 1. The van der Waals surface area contributed by atoms with Crippen LogP contribution >= 0.6 is 0 Å². The minimum Gasteiger partial charge on any atom is -0.489 e. The number of likely N-dealkylation sites (N-methyl/N-ethyl adjacent to an activating group) is 1. The molecule has 0 saturated carbocycles. The molecule has 6 rings (SSSR count). The summed E-state index contributed by atoms with van der Waals surface area (Å²) in [5.41, 5.74) is -0.731. The van der Waals surface area contributed by atoms with E-state index < -0.39 is 38.2 Å². The Morgan fingerprint density at radius 3 is 2.33 bits per heavy atom. The summed E-state index contributed by atoms with van der Waals surface area (Å²) >= 11 is 0. The lowest BCUT2D eigenvalue weighted by atomic mass is 9.78. The Hall–Kier alpha value is -3.72. The first kappa shape index (κ1) is 34.2. The standard InChI is InChI=1S/C34H38F4N4O5S/c1-39-17-19-41(20-18-39)33(25-7-6-8-26(35)21-25)13-15-40(16-14-33)32(43)24-46-22-27-23-47-30-11-4-3-10-29(30)42(27)48(44,45)31-12-5-2-9-28(31)34(36,37)38/h2-12,21,27H,13-20,22-24H2,1H3. The third-order valence-corrected chi connectivity index (χ3v) is 11.5. The van der Waals surface area contributed by atoms with E-state index in [2.05, 4.69) is 16.8 Å². The number of alkyl halides is 3. The number of carbonyl (C=O) groups excluding carboxylic acids is 1. The van der Waals surface area contributed by atoms with E-state index in [0.29, 0.717) is 25.9 Å². The fourth-order valence-corrected chi connectivity index (χ4v) is 8.83. The number of hydrogen-bond donors (Lipinski definition) is 0. The molecule has 0 N–H and O–H groups in total. The highest BCUT2D eigenvalue weighted by atomic mass is 32.2. The molecule has 0 spiro atoms. The monoisotopic (exact) mass is 690 g/mol. The van der Waals surface area contributed by atoms with Crippen LogP contribution in [-0.2, 0) is 31.3 Å². The Morgan fingerprint density at radius 1 is 0.938 bits per heavy atom. The second-order valence-electron chi connectivity index (χ2n) is 12.5. The summed E-state index contributed by atoms with van der Waals surface area (Å²) in [7, 11) is -2.67. The van der Waals surface area contributed by atoms with E-state index in [9.17, 15) is 30.8 Å². The fourth-order valence-electron chi connectivity index (χ4n) is 6.98. The number of piperazine rings is 1. The number of fused-ring (bicyclic) bond motifs is 1. The molecular weight excluding hydrogens is 652 g/mol. The van der Waals surface area contributed by atoms with Crippen molar-refractivity contribution in [2.75, 3.05) is 70.4 Å². The highest BCUT2D eigenvalue weighted by Gasteiger charge is 2.45. The molecule has 0 aliphatic carbocycles. The Morgan fingerprint density at radius 2 is 1.62 bits per heavy atom. The van der Waals surface area contributed by atoms with Crippen molar-refractivity contribution in [1.82, 2.24) is 14.7 Å². The normalized spacial score (nSPS) is 20.6. The summed E-state index contributed by atoms with van der Waals surface area (Å²) in [5, 5.41) is 0. The number of amides is 1. The summed E-state index contributed by atoms with van der Waals surface area (Å²) in [6, 6.07) is 15.8. The second kappa shape index (κ2) is 13.7. The Kier molecular flexibility index (Phi) is 9.71. The molecule has 3 aromatic rings. The molecule has 1 atom stereocenters. The van der Waals surface area contributed by atoms with Crippen LogP contribution in [0.15, 0.2) is 77.7 Å². The van der Waals surface area contributed by atoms with Crippen molar-refractivity contribution >= 4 is 21.6 Å². The van der Waals surface area contributed by atoms with Gasteiger partial charge in [-0.25, -0.2) is 12.8 Å². The molecule has 9 nitrogen and oxygen atoms in total. The predicted molar refractivity (Wildman–Crippen MR) is 171 cm³/mol. The van der Waals surface area contributed by atoms with Gasteiger partial charge >= 0.3 is 6.18 Å². The maximum atomic E-state index is 14.4. The van der Waals surface area contributed by atoms with Gasteiger partial charge in [-0.15, -0.1) is 0 Å². The number of ether oxygens (including phenoxy) is 2. The van der Waals surface area contributed by atoms with Crippen LogP contribution in [-0.4, -0.2) is 101 Å². The molecule has 1 unspecified atom stereocenters. The van der Waals surface area contributed by atoms with Gasteiger partial charge in [-0.1, -0.05) is 36.4 Å². The van der Waals surface area contributed by atoms with Crippen LogP contribution in [0.3, 0.4) is 0 Å². The number of nitrogens with zero attached hydrogens (tertiary/aromatic N) is 4. The van der Waals surface area contributed by atoms with Crippen LogP contribution in [0.2, 0.25) is 0 Å². The number of halogens is 4. The van der Waals surface area contributed by atoms with Crippen molar-refractivity contribution in [2.45, 2.75) is 35.5 Å². The van der Waals surface area contributed by atoms with Gasteiger partial charge in [-0.3, -0.25) is 14.0 Å². The Balaban J connectivity index is 1.15. The quantitative estimate of drug-likeness (QED) is 0.320. The number of para-hydroxylation sites is 2. The van der Waals surface area contributed by atoms with E-state index in [1.165, 1.54) is 24.3 Å². The lowest BCUT2D eigenvalue weighted by Crippen LogP contribution is -2.59. The fraction of sp³-hybridized carbons (Fsp3) is 0.441. The minimum absolute atomic E-state index is 0.0780. The SMILES string of the molecule is CN1CCN(C2(c3cccc(F)c3)CCN(C(=O)COCC3COc4ccccc4N3S(=O)(=O)c3ccccc3C(F)(F)F)CC2)CC1. The van der Waals surface area contributed by atoms with E-state index in [1.54, 1.807) is 29.2 Å². The maximum absolute atomic E-state index is 14.4. The highest BCUT2D eigenvalue weighted by molar-refractivity contribution is 7.93. The smallest absolute Gasteiger partial charge is 0.417 e. The number of rotatable bonds is 8. The molecule has 14 heteroatoms. The van der Waals surface area contributed by atoms with Crippen LogP contribution in [0.5, 0.6) is 5.75 Å². The van der Waals surface area contributed by atoms with Gasteiger partial charge in [0.1, 0.15) is 30.8 Å². The second-order valence-corrected chi connectivity index (χ2v) is 14.2. The zero-order valence-electron chi connectivity index (χ0n) is 26.5. The molecule has 0 radical (unpaired) electrons. The van der Waals surface area contributed by atoms with E-state index in [1.807, 2.05) is 6.07 Å². The van der Waals surface area contributed by atoms with Gasteiger partial charge in [-0.2, -0.15) is 13.2 Å². The van der Waals surface area contributed by atoms with E-state index >= 15 is 0 Å². The van der Waals surface area contributed by atoms with Crippen molar-refractivity contribution in [1.29, 1.82) is 0 Å². The van der Waals surface area contributed by atoms with Crippen molar-refractivity contribution in [3.05, 3.63) is 89.7 Å². The Bertz CT molecular complexity index is 1720. The summed E-state index contributed by atoms with van der Waals surface area (Å²) in [5.74, 6) is -0.399. The number of benzene rings is 3. The summed E-state index contributed by atoms with van der Waals surface area (Å²) in [6.07, 6.45) is -3.70. The number of sulfonamides is 1. The minimum atomic E-state index is -4.90. The van der Waals surface area contributed by atoms with E-state index in [4.69, 9.17) is 9.47 Å². The van der Waals surface area contributed by atoms with Crippen molar-refractivity contribution < 1.29 is 40.2 Å². The highest BCUT2D eigenvalue weighted by Crippen LogP contribution is 2.42. The van der Waals surface area contributed by atoms with E-state index in [-0.39, 0.29) is 43.0 Å². The maximum Gasteiger partial charge on any atom is 0.417 e. The third-order valence-electron chi connectivity index (χ3n) is 9.54. The summed E-state index contributed by atoms with van der Waals surface area (Å²) in [6.45, 7) is 3.41. The topological polar surface area (TPSA) is 82.6 Å². The molecule has 3 aliphatic heterocycles. The molecule has 2 saturated heterocycles. The van der Waals surface area contributed by atoms with Crippen LogP contribution < -0.4 is 9.04 Å². The summed E-state index contributed by atoms with van der Waals surface area (Å²) < 4.78 is 96.4. The van der Waals surface area contributed by atoms with Crippen LogP contribution in [0, 0.1) is 5.82 Å². The first-order chi connectivity index (χ1) is 22.9. The largest absolute Gasteiger partial charge is 0.489 e. The summed E-state index contributed by atoms with van der Waals surface area (Å²) in [4.78, 5) is 18.8. The van der Waals surface area contributed by atoms with E-state index in [0.717, 1.165) is 54.2 Å². The molecule has 3 heterocycles. The van der Waals surface area contributed by atoms with Gasteiger partial charge in [0, 0.05) is 44.8 Å². The van der Waals surface area contributed by atoms with Gasteiger partial charge in [0.05, 0.1) is 22.8 Å². The molecule has 3 aliphatic rings. The van der Waals surface area contributed by atoms with Gasteiger partial charge in [-0.05, 0) is 61.9 Å². The molecule has 0 bridgehead atoms. The average Bonchev–Trinajstić information content (AvgIpc) is 3.08. The number of hydrogen-bond acceptors (Lipinski definition) is 7. The predicted octanol–water partition coefficient (Wildman–Crippen LogP) is 4.58. The first-order valence-corrected chi connectivity index (χ1v) is 17.3. The van der Waals surface area contributed by atoms with Gasteiger partial charge in [0.2, 0.25) is 5.91 Å². The van der Waals surface area contributed by atoms with Crippen LogP contribution in [0.25, 0.3) is 0 Å². The zero-order valence-corrected chi connectivity index (χ0v) is 27.4. The lowest BCUT2D eigenvalue weighted by Gasteiger charge is -2.51. The molecule has 258 valence electrons. The van der Waals surface area contributed by atoms with Crippen LogP contribution in [0.4, 0.5) is 23.2 Å². The molecule has 48 heavy (non-hydrogen) atoms. The molecule has 1 amide bonds. The first-order valence-electron chi connectivity index (χ1n) is 15.9.